The van der Waals surface area contributed by atoms with Crippen LogP contribution in [0.4, 0.5) is 5.69 Å². The van der Waals surface area contributed by atoms with Crippen molar-refractivity contribution in [3.63, 3.8) is 0 Å². The Balaban J connectivity index is 2.02. The number of benzene rings is 1. The summed E-state index contributed by atoms with van der Waals surface area (Å²) in [5.41, 5.74) is 1.45. The first-order valence-electron chi connectivity index (χ1n) is 5.72. The molecule has 1 heterocycles. The van der Waals surface area contributed by atoms with Crippen molar-refractivity contribution in [3.8, 4) is 0 Å². The number of anilines is 1. The number of pyridine rings is 1. The number of hydrogen-bond donors (Lipinski definition) is 1. The highest BCUT2D eigenvalue weighted by molar-refractivity contribution is 9.10. The molecule has 0 saturated carbocycles. The van der Waals surface area contributed by atoms with Crippen molar-refractivity contribution in [1.82, 2.24) is 4.98 Å². The molecule has 100 valence electrons. The van der Waals surface area contributed by atoms with Crippen LogP contribution in [0.25, 0.3) is 0 Å². The summed E-state index contributed by atoms with van der Waals surface area (Å²) in [7, 11) is -3.38. The largest absolute Gasteiger partial charge is 0.281 e. The zero-order valence-electron chi connectivity index (χ0n) is 10.1. The first-order chi connectivity index (χ1) is 9.07. The fourth-order valence-corrected chi connectivity index (χ4v) is 3.16. The van der Waals surface area contributed by atoms with Gasteiger partial charge in [0, 0.05) is 6.20 Å². The van der Waals surface area contributed by atoms with E-state index in [2.05, 4.69) is 25.6 Å². The smallest absolute Gasteiger partial charge is 0.233 e. The Kier molecular flexibility index (Phi) is 4.55. The highest BCUT2D eigenvalue weighted by atomic mass is 79.9. The molecule has 2 aromatic rings. The second-order valence-electron chi connectivity index (χ2n) is 4.00. The topological polar surface area (TPSA) is 59.1 Å². The van der Waals surface area contributed by atoms with Gasteiger partial charge in [-0.05, 0) is 40.0 Å². The minimum absolute atomic E-state index is 0.0400. The summed E-state index contributed by atoms with van der Waals surface area (Å²) in [6.07, 6.45) is 2.07. The van der Waals surface area contributed by atoms with Gasteiger partial charge in [0.2, 0.25) is 10.0 Å². The Labute approximate surface area is 121 Å². The average molecular weight is 341 g/mol. The van der Waals surface area contributed by atoms with Crippen LogP contribution in [0.5, 0.6) is 0 Å². The van der Waals surface area contributed by atoms with Gasteiger partial charge in [-0.15, -0.1) is 0 Å². The monoisotopic (exact) mass is 340 g/mol. The minimum Gasteiger partial charge on any atom is -0.281 e. The summed E-state index contributed by atoms with van der Waals surface area (Å²) in [5.74, 6) is 0.0400. The minimum atomic E-state index is -3.38. The van der Waals surface area contributed by atoms with E-state index in [0.29, 0.717) is 16.7 Å². The molecule has 6 heteroatoms. The van der Waals surface area contributed by atoms with Gasteiger partial charge in [0.05, 0.1) is 11.4 Å². The predicted octanol–water partition coefficient (Wildman–Crippen LogP) is 2.83. The lowest BCUT2D eigenvalue weighted by molar-refractivity contribution is 0.600. The molecule has 1 aromatic carbocycles. The summed E-state index contributed by atoms with van der Waals surface area (Å²) in [6.45, 7) is 0. The van der Waals surface area contributed by atoms with Crippen LogP contribution in [0.3, 0.4) is 0 Å². The van der Waals surface area contributed by atoms with Gasteiger partial charge in [0.15, 0.2) is 0 Å². The second kappa shape index (κ2) is 6.16. The number of aromatic nitrogens is 1. The Bertz CT molecular complexity index is 645. The van der Waals surface area contributed by atoms with Gasteiger partial charge in [-0.25, -0.2) is 13.4 Å². The molecule has 0 atom stereocenters. The molecule has 0 radical (unpaired) electrons. The molecule has 0 spiro atoms. The van der Waals surface area contributed by atoms with Gasteiger partial charge in [0.1, 0.15) is 4.60 Å². The Morgan fingerprint density at radius 1 is 1.11 bits per heavy atom. The van der Waals surface area contributed by atoms with Crippen LogP contribution in [0, 0.1) is 0 Å². The van der Waals surface area contributed by atoms with Crippen molar-refractivity contribution in [2.75, 3.05) is 10.5 Å². The van der Waals surface area contributed by atoms with E-state index in [-0.39, 0.29) is 5.75 Å². The maximum absolute atomic E-state index is 12.0. The van der Waals surface area contributed by atoms with E-state index >= 15 is 0 Å². The van der Waals surface area contributed by atoms with Crippen LogP contribution >= 0.6 is 15.9 Å². The molecule has 0 aliphatic heterocycles. The van der Waals surface area contributed by atoms with Crippen molar-refractivity contribution in [3.05, 3.63) is 58.8 Å². The quantitative estimate of drug-likeness (QED) is 0.851. The van der Waals surface area contributed by atoms with Gasteiger partial charge < -0.3 is 0 Å². The lowest BCUT2D eigenvalue weighted by atomic mass is 10.2. The lowest BCUT2D eigenvalue weighted by Gasteiger charge is -2.08. The van der Waals surface area contributed by atoms with Crippen LogP contribution in [0.1, 0.15) is 5.56 Å². The van der Waals surface area contributed by atoms with Crippen LogP contribution < -0.4 is 4.72 Å². The SMILES string of the molecule is O=S(=O)(CCc1ccccc1)Nc1cccnc1Br. The Hall–Kier alpha value is -1.40. The molecule has 0 fully saturated rings. The van der Waals surface area contributed by atoms with E-state index in [9.17, 15) is 8.42 Å². The standard InChI is InChI=1S/C13H13BrN2O2S/c14-13-12(7-4-9-15-13)16-19(17,18)10-8-11-5-2-1-3-6-11/h1-7,9,16H,8,10H2. The van der Waals surface area contributed by atoms with Crippen LogP contribution in [-0.2, 0) is 16.4 Å². The highest BCUT2D eigenvalue weighted by Gasteiger charge is 2.12. The van der Waals surface area contributed by atoms with E-state index in [4.69, 9.17) is 0 Å². The van der Waals surface area contributed by atoms with Crippen molar-refractivity contribution < 1.29 is 8.42 Å². The first-order valence-corrected chi connectivity index (χ1v) is 8.16. The predicted molar refractivity (Wildman–Crippen MR) is 79.5 cm³/mol. The normalized spacial score (nSPS) is 11.2. The van der Waals surface area contributed by atoms with Crippen LogP contribution in [0.2, 0.25) is 0 Å². The molecule has 1 aromatic heterocycles. The third-order valence-corrected chi connectivity index (χ3v) is 4.43. The summed E-state index contributed by atoms with van der Waals surface area (Å²) in [4.78, 5) is 3.97. The van der Waals surface area contributed by atoms with Gasteiger partial charge in [0.25, 0.3) is 0 Å². The number of nitrogens with one attached hydrogen (secondary N) is 1. The molecule has 0 unspecified atom stereocenters. The molecule has 0 bridgehead atoms. The molecule has 2 rings (SSSR count). The molecule has 0 amide bonds. The number of rotatable bonds is 5. The van der Waals surface area contributed by atoms with Crippen molar-refractivity contribution in [2.24, 2.45) is 0 Å². The molecule has 4 nitrogen and oxygen atoms in total. The van der Waals surface area contributed by atoms with Crippen LogP contribution in [0.15, 0.2) is 53.3 Å². The molecule has 19 heavy (non-hydrogen) atoms. The molecular weight excluding hydrogens is 328 g/mol. The van der Waals surface area contributed by atoms with Crippen molar-refractivity contribution in [2.45, 2.75) is 6.42 Å². The van der Waals surface area contributed by atoms with E-state index in [1.54, 1.807) is 18.3 Å². The lowest BCUT2D eigenvalue weighted by Crippen LogP contribution is -2.18. The van der Waals surface area contributed by atoms with Crippen molar-refractivity contribution in [1.29, 1.82) is 0 Å². The van der Waals surface area contributed by atoms with Gasteiger partial charge in [-0.3, -0.25) is 4.72 Å². The molecular formula is C13H13BrN2O2S. The molecule has 1 N–H and O–H groups in total. The summed E-state index contributed by atoms with van der Waals surface area (Å²) in [5, 5.41) is 0. The number of halogens is 1. The Morgan fingerprint density at radius 3 is 2.53 bits per heavy atom. The maximum atomic E-state index is 12.0. The number of sulfonamides is 1. The van der Waals surface area contributed by atoms with Crippen LogP contribution in [-0.4, -0.2) is 19.2 Å². The fraction of sp³-hybridized carbons (Fsp3) is 0.154. The van der Waals surface area contributed by atoms with Gasteiger partial charge in [-0.2, -0.15) is 0 Å². The number of aryl methyl sites for hydroxylation is 1. The third kappa shape index (κ3) is 4.33. The summed E-state index contributed by atoms with van der Waals surface area (Å²) >= 11 is 3.21. The highest BCUT2D eigenvalue weighted by Crippen LogP contribution is 2.19. The summed E-state index contributed by atoms with van der Waals surface area (Å²) in [6, 6.07) is 12.9. The maximum Gasteiger partial charge on any atom is 0.233 e. The van der Waals surface area contributed by atoms with E-state index in [0.717, 1.165) is 5.56 Å². The first kappa shape index (κ1) is 14.0. The van der Waals surface area contributed by atoms with E-state index in [1.807, 2.05) is 30.3 Å². The molecule has 0 aliphatic carbocycles. The molecule has 0 aliphatic rings. The zero-order chi connectivity index (χ0) is 13.7. The third-order valence-electron chi connectivity index (χ3n) is 2.53. The fourth-order valence-electron chi connectivity index (χ4n) is 1.58. The summed E-state index contributed by atoms with van der Waals surface area (Å²) < 4.78 is 26.9. The zero-order valence-corrected chi connectivity index (χ0v) is 12.5. The second-order valence-corrected chi connectivity index (χ2v) is 6.59. The number of nitrogens with zero attached hydrogens (tertiary/aromatic N) is 1. The van der Waals surface area contributed by atoms with Gasteiger partial charge >= 0.3 is 0 Å². The number of hydrogen-bond acceptors (Lipinski definition) is 3. The van der Waals surface area contributed by atoms with E-state index in [1.165, 1.54) is 0 Å². The van der Waals surface area contributed by atoms with E-state index < -0.39 is 10.0 Å². The van der Waals surface area contributed by atoms with Crippen molar-refractivity contribution >= 4 is 31.6 Å². The Morgan fingerprint density at radius 2 is 1.84 bits per heavy atom. The molecule has 0 saturated heterocycles. The average Bonchev–Trinajstić information content (AvgIpc) is 2.40. The van der Waals surface area contributed by atoms with Gasteiger partial charge in [-0.1, -0.05) is 30.3 Å².